The van der Waals surface area contributed by atoms with E-state index in [1.54, 1.807) is 26.8 Å². The molecule has 1 spiro atoms. The van der Waals surface area contributed by atoms with E-state index in [1.165, 1.54) is 6.08 Å². The Morgan fingerprint density at radius 2 is 1.74 bits per heavy atom. The normalized spacial score (nSPS) is 56.7. The molecule has 7 heteroatoms. The van der Waals surface area contributed by atoms with Crippen LogP contribution in [0.3, 0.4) is 0 Å². The van der Waals surface area contributed by atoms with Crippen molar-refractivity contribution in [1.29, 1.82) is 0 Å². The number of ether oxygens (including phenoxy) is 1. The molecular formula is C28H36O7. The van der Waals surface area contributed by atoms with Crippen LogP contribution in [0.4, 0.5) is 0 Å². The number of aliphatic hydroxyl groups excluding tert-OH is 1. The zero-order valence-corrected chi connectivity index (χ0v) is 21.1. The van der Waals surface area contributed by atoms with Crippen molar-refractivity contribution in [1.82, 2.24) is 0 Å². The molecule has 0 aromatic carbocycles. The summed E-state index contributed by atoms with van der Waals surface area (Å²) in [6, 6.07) is 0. The lowest BCUT2D eigenvalue weighted by Gasteiger charge is -2.71. The van der Waals surface area contributed by atoms with Crippen molar-refractivity contribution >= 4 is 17.5 Å². The molecule has 35 heavy (non-hydrogen) atoms. The molecule has 0 amide bonds. The number of carbonyl (C=O) groups excluding carboxylic acids is 3. The maximum absolute atomic E-state index is 14.0. The van der Waals surface area contributed by atoms with E-state index < -0.39 is 57.5 Å². The Morgan fingerprint density at radius 3 is 2.43 bits per heavy atom. The predicted molar refractivity (Wildman–Crippen MR) is 125 cm³/mol. The molecule has 0 saturated heterocycles. The second kappa shape index (κ2) is 6.53. The summed E-state index contributed by atoms with van der Waals surface area (Å²) in [4.78, 5) is 40.7. The molecule has 1 aliphatic heterocycles. The number of esters is 1. The molecule has 1 heterocycles. The predicted octanol–water partition coefficient (Wildman–Crippen LogP) is 2.27. The highest BCUT2D eigenvalue weighted by molar-refractivity contribution is 5.99. The zero-order valence-electron chi connectivity index (χ0n) is 21.1. The van der Waals surface area contributed by atoms with Gasteiger partial charge in [0.25, 0.3) is 0 Å². The van der Waals surface area contributed by atoms with Crippen LogP contribution in [0.2, 0.25) is 0 Å². The number of Topliss-reactive ketones (excluding diaryl/α,β-unsaturated/α-hetero) is 1. The highest BCUT2D eigenvalue weighted by Gasteiger charge is 2.83. The lowest BCUT2D eigenvalue weighted by Crippen LogP contribution is -2.80. The van der Waals surface area contributed by atoms with Crippen LogP contribution >= 0.6 is 0 Å². The molecule has 190 valence electrons. The monoisotopic (exact) mass is 484 g/mol. The number of aliphatic hydroxyl groups is 3. The van der Waals surface area contributed by atoms with Gasteiger partial charge in [0, 0.05) is 16.9 Å². The van der Waals surface area contributed by atoms with E-state index in [2.05, 4.69) is 0 Å². The summed E-state index contributed by atoms with van der Waals surface area (Å²) in [5, 5.41) is 35.3. The smallest absolute Gasteiger partial charge is 0.334 e. The summed E-state index contributed by atoms with van der Waals surface area (Å²) in [5.41, 5.74) is -5.45. The number of carbonyl (C=O) groups is 3. The lowest BCUT2D eigenvalue weighted by atomic mass is 9.35. The summed E-state index contributed by atoms with van der Waals surface area (Å²) in [6.45, 7) is 8.98. The van der Waals surface area contributed by atoms with Crippen LogP contribution in [0.25, 0.3) is 0 Å². The van der Waals surface area contributed by atoms with Gasteiger partial charge in [-0.25, -0.2) is 4.79 Å². The van der Waals surface area contributed by atoms with Crippen LogP contribution in [0, 0.1) is 40.4 Å². The number of hydrogen-bond donors (Lipinski definition) is 3. The molecule has 0 aromatic rings. The van der Waals surface area contributed by atoms with Crippen LogP contribution < -0.4 is 0 Å². The van der Waals surface area contributed by atoms with Crippen molar-refractivity contribution in [2.45, 2.75) is 89.6 Å². The first-order valence-corrected chi connectivity index (χ1v) is 13.0. The number of hydrogen-bond acceptors (Lipinski definition) is 7. The van der Waals surface area contributed by atoms with E-state index in [0.29, 0.717) is 30.4 Å². The van der Waals surface area contributed by atoms with Crippen LogP contribution in [-0.4, -0.2) is 55.8 Å². The van der Waals surface area contributed by atoms with Gasteiger partial charge in [-0.3, -0.25) is 9.59 Å². The topological polar surface area (TPSA) is 121 Å². The standard InChI is InChI=1S/C28H36O7/c1-13-14(2)23(32)35-28-12-18-16(11-20(30)27(34)9-6-7-19(29)24(18,27)4)17-8-10-26(33,25(17,28)5)15(3)22(31)21(13)28/h6-7,15-18,20-21,30,33-34H,8-12H2,1-5H3/t15-,16+,17-,18+,20-,21-,24+,25+,26-,27+,28-/m1/s1. The van der Waals surface area contributed by atoms with Gasteiger partial charge in [-0.1, -0.05) is 19.9 Å². The van der Waals surface area contributed by atoms with Crippen LogP contribution in [0.1, 0.15) is 66.7 Å². The Morgan fingerprint density at radius 1 is 1.06 bits per heavy atom. The highest BCUT2D eigenvalue weighted by atomic mass is 16.6. The van der Waals surface area contributed by atoms with Crippen LogP contribution in [-0.2, 0) is 19.1 Å². The van der Waals surface area contributed by atoms with Crippen molar-refractivity contribution in [3.05, 3.63) is 23.3 Å². The van der Waals surface area contributed by atoms with Crippen molar-refractivity contribution in [3.8, 4) is 0 Å². The molecule has 0 radical (unpaired) electrons. The second-order valence-corrected chi connectivity index (χ2v) is 12.7. The van der Waals surface area contributed by atoms with Crippen LogP contribution in [0.15, 0.2) is 23.3 Å². The first-order valence-electron chi connectivity index (χ1n) is 13.0. The number of ketones is 2. The summed E-state index contributed by atoms with van der Waals surface area (Å²) < 4.78 is 6.35. The van der Waals surface area contributed by atoms with Crippen LogP contribution in [0.5, 0.6) is 0 Å². The average molecular weight is 485 g/mol. The van der Waals surface area contributed by atoms with Gasteiger partial charge in [0.1, 0.15) is 17.0 Å². The number of fused-ring (bicyclic) bond motifs is 4. The highest BCUT2D eigenvalue weighted by Crippen LogP contribution is 2.76. The van der Waals surface area contributed by atoms with E-state index in [1.807, 2.05) is 13.8 Å². The Hall–Kier alpha value is -1.83. The van der Waals surface area contributed by atoms with Gasteiger partial charge in [0.15, 0.2) is 5.78 Å². The summed E-state index contributed by atoms with van der Waals surface area (Å²) in [6.07, 6.45) is 3.68. The fraction of sp³-hybridized carbons (Fsp3) is 0.750. The number of allylic oxidation sites excluding steroid dienone is 1. The van der Waals surface area contributed by atoms with E-state index in [0.717, 1.165) is 0 Å². The largest absolute Gasteiger partial charge is 0.454 e. The Bertz CT molecular complexity index is 1140. The fourth-order valence-corrected chi connectivity index (χ4v) is 10.1. The minimum absolute atomic E-state index is 0.125. The minimum atomic E-state index is -1.64. The maximum atomic E-state index is 14.0. The van der Waals surface area contributed by atoms with Crippen molar-refractivity contribution in [2.24, 2.45) is 40.4 Å². The molecule has 4 fully saturated rings. The van der Waals surface area contributed by atoms with Gasteiger partial charge >= 0.3 is 5.97 Å². The van der Waals surface area contributed by atoms with E-state index >= 15 is 0 Å². The molecule has 0 bridgehead atoms. The van der Waals surface area contributed by atoms with Gasteiger partial charge in [-0.2, -0.15) is 0 Å². The molecule has 3 N–H and O–H groups in total. The van der Waals surface area contributed by atoms with Crippen molar-refractivity contribution in [2.75, 3.05) is 0 Å². The van der Waals surface area contributed by atoms with Crippen molar-refractivity contribution in [3.63, 3.8) is 0 Å². The summed E-state index contributed by atoms with van der Waals surface area (Å²) in [7, 11) is 0. The third kappa shape index (κ3) is 2.17. The van der Waals surface area contributed by atoms with Gasteiger partial charge in [0.2, 0.25) is 0 Å². The molecule has 5 aliphatic carbocycles. The fourth-order valence-electron chi connectivity index (χ4n) is 10.1. The van der Waals surface area contributed by atoms with E-state index in [-0.39, 0.29) is 36.2 Å². The average Bonchev–Trinajstić information content (AvgIpc) is 3.09. The summed E-state index contributed by atoms with van der Waals surface area (Å²) >= 11 is 0. The van der Waals surface area contributed by atoms with Gasteiger partial charge < -0.3 is 20.1 Å². The maximum Gasteiger partial charge on any atom is 0.334 e. The molecule has 0 aromatic heterocycles. The second-order valence-electron chi connectivity index (χ2n) is 12.7. The lowest BCUT2D eigenvalue weighted by molar-refractivity contribution is -0.308. The molecular weight excluding hydrogens is 448 g/mol. The molecule has 6 rings (SSSR count). The quantitative estimate of drug-likeness (QED) is 0.451. The van der Waals surface area contributed by atoms with Gasteiger partial charge in [-0.15, -0.1) is 0 Å². The number of rotatable bonds is 0. The zero-order chi connectivity index (χ0) is 25.5. The van der Waals surface area contributed by atoms with Crippen molar-refractivity contribution < 1.29 is 34.4 Å². The molecule has 11 atom stereocenters. The Labute approximate surface area is 205 Å². The van der Waals surface area contributed by atoms with Gasteiger partial charge in [0.05, 0.1) is 23.0 Å². The first-order chi connectivity index (χ1) is 16.2. The third-order valence-electron chi connectivity index (χ3n) is 12.3. The van der Waals surface area contributed by atoms with E-state index in [4.69, 9.17) is 4.74 Å². The molecule has 4 saturated carbocycles. The first kappa shape index (κ1) is 23.6. The SMILES string of the molecule is CC1=C(C)[C@@H]2C(=O)[C@@H](C)[C@]3(O)CC[C@@H]4[C@@H]5C[C@@H](O)[C@@]6(O)CC=CC(=O)[C@]6(C)[C@H]5C[C@]2(OC1=O)[C@@]43C. The van der Waals surface area contributed by atoms with Gasteiger partial charge in [-0.05, 0) is 82.3 Å². The third-order valence-corrected chi connectivity index (χ3v) is 12.3. The minimum Gasteiger partial charge on any atom is -0.454 e. The molecule has 6 aliphatic rings. The molecule has 0 unspecified atom stereocenters. The van der Waals surface area contributed by atoms with E-state index in [9.17, 15) is 29.7 Å². The molecule has 7 nitrogen and oxygen atoms in total. The summed E-state index contributed by atoms with van der Waals surface area (Å²) in [5.74, 6) is -2.96. The Balaban J connectivity index is 1.64. The Kier molecular flexibility index (Phi) is 4.40.